The average molecular weight is 241 g/mol. The molecule has 3 heteroatoms. The highest BCUT2D eigenvalue weighted by Crippen LogP contribution is 2.17. The predicted octanol–water partition coefficient (Wildman–Crippen LogP) is 2.75. The summed E-state index contributed by atoms with van der Waals surface area (Å²) < 4.78 is 5.32. The van der Waals surface area contributed by atoms with Gasteiger partial charge in [-0.2, -0.15) is 0 Å². The molecule has 1 aliphatic rings. The van der Waals surface area contributed by atoms with Crippen molar-refractivity contribution >= 4 is 5.97 Å². The molecule has 0 radical (unpaired) electrons. The number of hydrogen-bond donors (Lipinski definition) is 1. The molecular weight excluding hydrogens is 214 g/mol. The average Bonchev–Trinajstić information content (AvgIpc) is 2.74. The maximum Gasteiger partial charge on any atom is 0.310 e. The smallest absolute Gasteiger partial charge is 0.310 e. The molecule has 1 aliphatic heterocycles. The van der Waals surface area contributed by atoms with Gasteiger partial charge in [0.05, 0.1) is 12.5 Å². The van der Waals surface area contributed by atoms with Crippen LogP contribution in [0.2, 0.25) is 0 Å². The Hall–Kier alpha value is -0.570. The van der Waals surface area contributed by atoms with E-state index in [2.05, 4.69) is 19.2 Å². The molecule has 2 atom stereocenters. The van der Waals surface area contributed by atoms with Gasteiger partial charge in [0, 0.05) is 6.54 Å². The fourth-order valence-corrected chi connectivity index (χ4v) is 2.29. The van der Waals surface area contributed by atoms with Gasteiger partial charge in [0.15, 0.2) is 0 Å². The molecule has 0 aliphatic carbocycles. The molecule has 0 aromatic carbocycles. The van der Waals surface area contributed by atoms with Crippen LogP contribution in [0, 0.1) is 11.8 Å². The van der Waals surface area contributed by atoms with Gasteiger partial charge in [-0.15, -0.1) is 0 Å². The second-order valence-electron chi connectivity index (χ2n) is 5.18. The van der Waals surface area contributed by atoms with Crippen molar-refractivity contribution in [3.63, 3.8) is 0 Å². The topological polar surface area (TPSA) is 38.3 Å². The predicted molar refractivity (Wildman–Crippen MR) is 69.9 cm³/mol. The van der Waals surface area contributed by atoms with Crippen molar-refractivity contribution < 1.29 is 9.53 Å². The minimum absolute atomic E-state index is 0.00365. The second-order valence-corrected chi connectivity index (χ2v) is 5.18. The molecule has 1 saturated heterocycles. The first-order chi connectivity index (χ1) is 8.25. The Labute approximate surface area is 105 Å². The van der Waals surface area contributed by atoms with Crippen LogP contribution in [0.1, 0.15) is 52.4 Å². The molecule has 1 N–H and O–H groups in total. The molecule has 0 amide bonds. The molecule has 3 nitrogen and oxygen atoms in total. The van der Waals surface area contributed by atoms with Gasteiger partial charge in [0.25, 0.3) is 0 Å². The molecule has 0 aromatic rings. The van der Waals surface area contributed by atoms with E-state index in [1.807, 2.05) is 0 Å². The highest BCUT2D eigenvalue weighted by molar-refractivity contribution is 5.73. The summed E-state index contributed by atoms with van der Waals surface area (Å²) in [4.78, 5) is 11.7. The van der Waals surface area contributed by atoms with E-state index in [1.165, 1.54) is 32.1 Å². The van der Waals surface area contributed by atoms with Crippen molar-refractivity contribution in [1.82, 2.24) is 5.32 Å². The highest BCUT2D eigenvalue weighted by atomic mass is 16.5. The Morgan fingerprint density at radius 2 is 1.88 bits per heavy atom. The van der Waals surface area contributed by atoms with Gasteiger partial charge in [-0.1, -0.05) is 46.0 Å². The normalized spacial score (nSPS) is 23.9. The molecule has 2 unspecified atom stereocenters. The molecule has 1 fully saturated rings. The van der Waals surface area contributed by atoms with Gasteiger partial charge in [0.2, 0.25) is 0 Å². The lowest BCUT2D eigenvalue weighted by atomic mass is 9.99. The Morgan fingerprint density at radius 1 is 1.18 bits per heavy atom. The fourth-order valence-electron chi connectivity index (χ4n) is 2.29. The zero-order valence-electron chi connectivity index (χ0n) is 11.3. The molecule has 0 aromatic heterocycles. The first-order valence-electron chi connectivity index (χ1n) is 7.13. The lowest BCUT2D eigenvalue weighted by Gasteiger charge is -2.13. The van der Waals surface area contributed by atoms with E-state index >= 15 is 0 Å². The Balaban J connectivity index is 1.97. The van der Waals surface area contributed by atoms with E-state index in [0.717, 1.165) is 19.5 Å². The van der Waals surface area contributed by atoms with Crippen LogP contribution in [-0.4, -0.2) is 25.7 Å². The van der Waals surface area contributed by atoms with E-state index in [-0.39, 0.29) is 11.9 Å². The SMILES string of the molecule is CCCCCCCCOC(=O)C1CNCC1C. The summed E-state index contributed by atoms with van der Waals surface area (Å²) in [7, 11) is 0. The van der Waals surface area contributed by atoms with Crippen molar-refractivity contribution in [2.75, 3.05) is 19.7 Å². The summed E-state index contributed by atoms with van der Waals surface area (Å²) in [5, 5.41) is 3.23. The summed E-state index contributed by atoms with van der Waals surface area (Å²) in [6, 6.07) is 0. The van der Waals surface area contributed by atoms with Gasteiger partial charge >= 0.3 is 5.97 Å². The lowest BCUT2D eigenvalue weighted by Crippen LogP contribution is -2.24. The van der Waals surface area contributed by atoms with E-state index in [4.69, 9.17) is 4.74 Å². The van der Waals surface area contributed by atoms with Crippen LogP contribution in [0.25, 0.3) is 0 Å². The molecule has 1 rings (SSSR count). The minimum atomic E-state index is -0.00365. The summed E-state index contributed by atoms with van der Waals surface area (Å²) >= 11 is 0. The van der Waals surface area contributed by atoms with Crippen LogP contribution < -0.4 is 5.32 Å². The Kier molecular flexibility index (Phi) is 7.25. The van der Waals surface area contributed by atoms with Crippen molar-refractivity contribution in [2.24, 2.45) is 11.8 Å². The zero-order valence-corrected chi connectivity index (χ0v) is 11.3. The third-order valence-corrected chi connectivity index (χ3v) is 3.56. The highest BCUT2D eigenvalue weighted by Gasteiger charge is 2.30. The van der Waals surface area contributed by atoms with Crippen LogP contribution in [0.15, 0.2) is 0 Å². The van der Waals surface area contributed by atoms with E-state index in [0.29, 0.717) is 12.5 Å². The molecule has 0 spiro atoms. The lowest BCUT2D eigenvalue weighted by molar-refractivity contribution is -0.149. The third kappa shape index (κ3) is 5.53. The van der Waals surface area contributed by atoms with Crippen molar-refractivity contribution in [3.8, 4) is 0 Å². The molecule has 0 bridgehead atoms. The van der Waals surface area contributed by atoms with Crippen LogP contribution in [0.4, 0.5) is 0 Å². The number of carbonyl (C=O) groups is 1. The second kappa shape index (κ2) is 8.51. The maximum atomic E-state index is 11.7. The summed E-state index contributed by atoms with van der Waals surface area (Å²) in [6.45, 7) is 6.66. The third-order valence-electron chi connectivity index (χ3n) is 3.56. The van der Waals surface area contributed by atoms with E-state index in [9.17, 15) is 4.79 Å². The van der Waals surface area contributed by atoms with E-state index in [1.54, 1.807) is 0 Å². The van der Waals surface area contributed by atoms with Crippen LogP contribution in [-0.2, 0) is 9.53 Å². The molecular formula is C14H27NO2. The number of nitrogens with one attached hydrogen (secondary N) is 1. The van der Waals surface area contributed by atoms with Gasteiger partial charge in [-0.3, -0.25) is 4.79 Å². The molecule has 0 saturated carbocycles. The molecule has 100 valence electrons. The maximum absolute atomic E-state index is 11.7. The quantitative estimate of drug-likeness (QED) is 0.524. The monoisotopic (exact) mass is 241 g/mol. The number of unbranched alkanes of at least 4 members (excludes halogenated alkanes) is 5. The summed E-state index contributed by atoms with van der Waals surface area (Å²) in [6.07, 6.45) is 7.39. The zero-order chi connectivity index (χ0) is 12.5. The number of ether oxygens (including phenoxy) is 1. The van der Waals surface area contributed by atoms with Gasteiger partial charge in [0.1, 0.15) is 0 Å². The van der Waals surface area contributed by atoms with Gasteiger partial charge in [-0.25, -0.2) is 0 Å². The standard InChI is InChI=1S/C14H27NO2/c1-3-4-5-6-7-8-9-17-14(16)13-11-15-10-12(13)2/h12-13,15H,3-11H2,1-2H3. The summed E-state index contributed by atoms with van der Waals surface area (Å²) in [5.41, 5.74) is 0. The summed E-state index contributed by atoms with van der Waals surface area (Å²) in [5.74, 6) is 0.498. The van der Waals surface area contributed by atoms with Crippen LogP contribution >= 0.6 is 0 Å². The molecule has 17 heavy (non-hydrogen) atoms. The van der Waals surface area contributed by atoms with Crippen molar-refractivity contribution in [2.45, 2.75) is 52.4 Å². The minimum Gasteiger partial charge on any atom is -0.465 e. The van der Waals surface area contributed by atoms with Crippen molar-refractivity contribution in [3.05, 3.63) is 0 Å². The van der Waals surface area contributed by atoms with Crippen molar-refractivity contribution in [1.29, 1.82) is 0 Å². The number of carbonyl (C=O) groups excluding carboxylic acids is 1. The first-order valence-corrected chi connectivity index (χ1v) is 7.13. The van der Waals surface area contributed by atoms with Gasteiger partial charge in [-0.05, 0) is 18.9 Å². The van der Waals surface area contributed by atoms with Crippen LogP contribution in [0.3, 0.4) is 0 Å². The number of hydrogen-bond acceptors (Lipinski definition) is 3. The van der Waals surface area contributed by atoms with Gasteiger partial charge < -0.3 is 10.1 Å². The number of esters is 1. The Morgan fingerprint density at radius 3 is 2.53 bits per heavy atom. The Bertz CT molecular complexity index is 218. The molecule has 1 heterocycles. The number of rotatable bonds is 8. The fraction of sp³-hybridized carbons (Fsp3) is 0.929. The van der Waals surface area contributed by atoms with Crippen LogP contribution in [0.5, 0.6) is 0 Å². The largest absolute Gasteiger partial charge is 0.465 e. The first kappa shape index (κ1) is 14.5. The van der Waals surface area contributed by atoms with E-state index < -0.39 is 0 Å².